The number of hydrogen-bond acceptors (Lipinski definition) is 3. The first-order chi connectivity index (χ1) is 9.47. The number of amides is 2. The van der Waals surface area contributed by atoms with Crippen LogP contribution in [0.3, 0.4) is 0 Å². The topological polar surface area (TPSA) is 75.4 Å². The van der Waals surface area contributed by atoms with Crippen LogP contribution in [0.4, 0.5) is 0 Å². The monoisotopic (exact) mass is 281 g/mol. The van der Waals surface area contributed by atoms with Gasteiger partial charge >= 0.3 is 0 Å². The second-order valence-electron chi connectivity index (χ2n) is 6.65. The van der Waals surface area contributed by atoms with Crippen LogP contribution in [0.25, 0.3) is 0 Å². The maximum absolute atomic E-state index is 12.6. The van der Waals surface area contributed by atoms with E-state index in [1.807, 2.05) is 0 Å². The van der Waals surface area contributed by atoms with Crippen molar-refractivity contribution in [2.45, 2.75) is 51.5 Å². The van der Waals surface area contributed by atoms with Gasteiger partial charge in [0, 0.05) is 32.6 Å². The van der Waals surface area contributed by atoms with Crippen LogP contribution >= 0.6 is 0 Å². The van der Waals surface area contributed by atoms with Crippen molar-refractivity contribution in [2.75, 3.05) is 20.1 Å². The highest BCUT2D eigenvalue weighted by atomic mass is 16.2. The first-order valence-corrected chi connectivity index (χ1v) is 7.72. The lowest BCUT2D eigenvalue weighted by atomic mass is 9.70. The number of likely N-dealkylation sites (tertiary alicyclic amines) is 1. The molecule has 2 fully saturated rings. The molecule has 1 atom stereocenters. The fourth-order valence-electron chi connectivity index (χ4n) is 3.31. The summed E-state index contributed by atoms with van der Waals surface area (Å²) < 4.78 is 0. The van der Waals surface area contributed by atoms with Crippen molar-refractivity contribution in [3.05, 3.63) is 0 Å². The Morgan fingerprint density at radius 2 is 2.05 bits per heavy atom. The minimum absolute atomic E-state index is 0.0768. The number of carbonyl (C=O) groups is 2. The van der Waals surface area contributed by atoms with Crippen LogP contribution in [-0.4, -0.2) is 42.9 Å². The lowest BCUT2D eigenvalue weighted by Crippen LogP contribution is -2.55. The number of carbonyl (C=O) groups excluding carboxylic acids is 2. The maximum Gasteiger partial charge on any atom is 0.227 e. The van der Waals surface area contributed by atoms with Gasteiger partial charge in [-0.3, -0.25) is 9.59 Å². The predicted molar refractivity (Wildman–Crippen MR) is 77.9 cm³/mol. The average molecular weight is 281 g/mol. The highest BCUT2D eigenvalue weighted by molar-refractivity contribution is 5.84. The van der Waals surface area contributed by atoms with Crippen molar-refractivity contribution in [1.82, 2.24) is 10.2 Å². The summed E-state index contributed by atoms with van der Waals surface area (Å²) in [7, 11) is 1.79. The maximum atomic E-state index is 12.6. The Bertz CT molecular complexity index is 375. The van der Waals surface area contributed by atoms with Crippen LogP contribution < -0.4 is 11.1 Å². The molecule has 2 aliphatic rings. The molecule has 5 nitrogen and oxygen atoms in total. The van der Waals surface area contributed by atoms with Crippen LogP contribution in [0, 0.1) is 11.3 Å². The van der Waals surface area contributed by atoms with E-state index in [1.165, 1.54) is 0 Å². The van der Waals surface area contributed by atoms with Crippen LogP contribution in [-0.2, 0) is 9.59 Å². The van der Waals surface area contributed by atoms with Gasteiger partial charge in [-0.1, -0.05) is 6.92 Å². The molecule has 0 aromatic rings. The highest BCUT2D eigenvalue weighted by Crippen LogP contribution is 2.38. The summed E-state index contributed by atoms with van der Waals surface area (Å²) in [5, 5.41) is 3.13. The van der Waals surface area contributed by atoms with Crippen LogP contribution in [0.5, 0.6) is 0 Å². The molecule has 2 rings (SSSR count). The Hall–Kier alpha value is -1.10. The Kier molecular flexibility index (Phi) is 4.68. The van der Waals surface area contributed by atoms with E-state index < -0.39 is 0 Å². The zero-order valence-corrected chi connectivity index (χ0v) is 12.7. The van der Waals surface area contributed by atoms with E-state index in [9.17, 15) is 9.59 Å². The van der Waals surface area contributed by atoms with Gasteiger partial charge in [-0.05, 0) is 38.0 Å². The molecule has 1 heterocycles. The van der Waals surface area contributed by atoms with Gasteiger partial charge in [0.25, 0.3) is 0 Å². The number of piperidine rings is 1. The third-order valence-electron chi connectivity index (χ3n) is 5.07. The molecule has 20 heavy (non-hydrogen) atoms. The first-order valence-electron chi connectivity index (χ1n) is 7.72. The van der Waals surface area contributed by atoms with Gasteiger partial charge in [-0.2, -0.15) is 0 Å². The van der Waals surface area contributed by atoms with E-state index in [2.05, 4.69) is 12.2 Å². The van der Waals surface area contributed by atoms with E-state index in [1.54, 1.807) is 11.9 Å². The van der Waals surface area contributed by atoms with Crippen molar-refractivity contribution in [1.29, 1.82) is 0 Å². The second kappa shape index (κ2) is 6.12. The zero-order chi connectivity index (χ0) is 14.8. The standard InChI is InChI=1S/C15H27N3O2/c1-11-5-7-15(10-16,8-6-11)14(20)17-12-3-4-13(19)18(2)9-12/h11-12H,3-10,16H2,1-2H3,(H,17,20). The molecule has 0 radical (unpaired) electrons. The van der Waals surface area contributed by atoms with Crippen LogP contribution in [0.2, 0.25) is 0 Å². The minimum Gasteiger partial charge on any atom is -0.351 e. The Labute approximate surface area is 121 Å². The molecule has 114 valence electrons. The summed E-state index contributed by atoms with van der Waals surface area (Å²) in [6.07, 6.45) is 5.19. The third kappa shape index (κ3) is 3.14. The molecule has 1 saturated carbocycles. The van der Waals surface area contributed by atoms with Crippen molar-refractivity contribution >= 4 is 11.8 Å². The smallest absolute Gasteiger partial charge is 0.227 e. The Morgan fingerprint density at radius 3 is 2.60 bits per heavy atom. The molecular formula is C15H27N3O2. The molecular weight excluding hydrogens is 254 g/mol. The number of nitrogens with zero attached hydrogens (tertiary/aromatic N) is 1. The number of likely N-dealkylation sites (N-methyl/N-ethyl adjacent to an activating group) is 1. The zero-order valence-electron chi connectivity index (χ0n) is 12.7. The largest absolute Gasteiger partial charge is 0.351 e. The van der Waals surface area contributed by atoms with Crippen molar-refractivity contribution < 1.29 is 9.59 Å². The van der Waals surface area contributed by atoms with E-state index >= 15 is 0 Å². The fourth-order valence-corrected chi connectivity index (χ4v) is 3.31. The summed E-state index contributed by atoms with van der Waals surface area (Å²) in [5.74, 6) is 0.955. The average Bonchev–Trinajstić information content (AvgIpc) is 2.44. The molecule has 0 spiro atoms. The minimum atomic E-state index is -0.382. The number of nitrogens with two attached hydrogens (primary N) is 1. The SMILES string of the molecule is CC1CCC(CN)(C(=O)NC2CCC(=O)N(C)C2)CC1. The highest BCUT2D eigenvalue weighted by Gasteiger charge is 2.40. The van der Waals surface area contributed by atoms with Gasteiger partial charge in [-0.15, -0.1) is 0 Å². The second-order valence-corrected chi connectivity index (χ2v) is 6.65. The van der Waals surface area contributed by atoms with E-state index in [4.69, 9.17) is 5.73 Å². The molecule has 0 bridgehead atoms. The van der Waals surface area contributed by atoms with Crippen LogP contribution in [0.15, 0.2) is 0 Å². The van der Waals surface area contributed by atoms with E-state index in [0.717, 1.165) is 32.1 Å². The molecule has 1 aliphatic carbocycles. The molecule has 1 aliphatic heterocycles. The van der Waals surface area contributed by atoms with Crippen molar-refractivity contribution in [3.8, 4) is 0 Å². The molecule has 0 aromatic heterocycles. The van der Waals surface area contributed by atoms with Gasteiger partial charge in [0.15, 0.2) is 0 Å². The number of hydrogen-bond donors (Lipinski definition) is 2. The van der Waals surface area contributed by atoms with E-state index in [0.29, 0.717) is 25.4 Å². The molecule has 5 heteroatoms. The molecule has 0 aromatic carbocycles. The van der Waals surface area contributed by atoms with Gasteiger partial charge < -0.3 is 16.0 Å². The predicted octanol–water partition coefficient (Wildman–Crippen LogP) is 0.879. The number of nitrogens with one attached hydrogen (secondary N) is 1. The lowest BCUT2D eigenvalue weighted by molar-refractivity contribution is -0.137. The summed E-state index contributed by atoms with van der Waals surface area (Å²) >= 11 is 0. The normalized spacial score (nSPS) is 35.0. The molecule has 2 amide bonds. The Morgan fingerprint density at radius 1 is 1.40 bits per heavy atom. The number of rotatable bonds is 3. The fraction of sp³-hybridized carbons (Fsp3) is 0.867. The summed E-state index contributed by atoms with van der Waals surface area (Å²) in [6, 6.07) is 0.0768. The summed E-state index contributed by atoms with van der Waals surface area (Å²) in [4.78, 5) is 25.8. The van der Waals surface area contributed by atoms with Gasteiger partial charge in [0.05, 0.1) is 5.41 Å². The Balaban J connectivity index is 1.94. The summed E-state index contributed by atoms with van der Waals surface area (Å²) in [5.41, 5.74) is 5.53. The van der Waals surface area contributed by atoms with Crippen LogP contribution in [0.1, 0.15) is 45.4 Å². The van der Waals surface area contributed by atoms with Crippen molar-refractivity contribution in [2.24, 2.45) is 17.1 Å². The molecule has 1 unspecified atom stereocenters. The lowest BCUT2D eigenvalue weighted by Gasteiger charge is -2.39. The van der Waals surface area contributed by atoms with Gasteiger partial charge in [0.1, 0.15) is 0 Å². The van der Waals surface area contributed by atoms with Crippen molar-refractivity contribution in [3.63, 3.8) is 0 Å². The van der Waals surface area contributed by atoms with E-state index in [-0.39, 0.29) is 23.3 Å². The first kappa shape index (κ1) is 15.3. The quantitative estimate of drug-likeness (QED) is 0.806. The summed E-state index contributed by atoms with van der Waals surface area (Å²) in [6.45, 7) is 3.27. The van der Waals surface area contributed by atoms with Gasteiger partial charge in [-0.25, -0.2) is 0 Å². The molecule has 3 N–H and O–H groups in total. The van der Waals surface area contributed by atoms with Gasteiger partial charge in [0.2, 0.25) is 11.8 Å². The molecule has 1 saturated heterocycles. The third-order valence-corrected chi connectivity index (χ3v) is 5.07.